The van der Waals surface area contributed by atoms with E-state index in [2.05, 4.69) is 6.08 Å². The molecule has 0 aliphatic heterocycles. The van der Waals surface area contributed by atoms with Gasteiger partial charge < -0.3 is 10.8 Å². The van der Waals surface area contributed by atoms with Gasteiger partial charge in [-0.25, -0.2) is 0 Å². The van der Waals surface area contributed by atoms with Crippen molar-refractivity contribution in [3.8, 4) is 0 Å². The van der Waals surface area contributed by atoms with Gasteiger partial charge >= 0.3 is 0 Å². The molecule has 0 bridgehead atoms. The Kier molecular flexibility index (Phi) is 2.57. The van der Waals surface area contributed by atoms with Crippen LogP contribution in [-0.4, -0.2) is 5.11 Å². The van der Waals surface area contributed by atoms with Crippen LogP contribution in [0.15, 0.2) is 35.9 Å². The van der Waals surface area contributed by atoms with E-state index in [0.717, 1.165) is 24.0 Å². The zero-order chi connectivity index (χ0) is 11.9. The lowest BCUT2D eigenvalue weighted by atomic mass is 9.81. The van der Waals surface area contributed by atoms with Crippen molar-refractivity contribution in [1.29, 1.82) is 0 Å². The predicted octanol–water partition coefficient (Wildman–Crippen LogP) is 2.78. The molecule has 2 nitrogen and oxygen atoms in total. The maximum Gasteiger partial charge on any atom is 0.113 e. The van der Waals surface area contributed by atoms with Crippen LogP contribution in [0.1, 0.15) is 49.3 Å². The van der Waals surface area contributed by atoms with E-state index in [9.17, 15) is 5.11 Å². The van der Waals surface area contributed by atoms with Crippen molar-refractivity contribution in [3.05, 3.63) is 47.0 Å². The molecule has 0 fully saturated rings. The molecule has 2 atom stereocenters. The minimum Gasteiger partial charge on any atom is -0.381 e. The lowest BCUT2D eigenvalue weighted by Gasteiger charge is -2.30. The second-order valence-corrected chi connectivity index (χ2v) is 5.23. The minimum absolute atomic E-state index is 0.0287. The fraction of sp³-hybridized carbons (Fsp3) is 0.467. The van der Waals surface area contributed by atoms with E-state index in [1.165, 1.54) is 18.4 Å². The van der Waals surface area contributed by atoms with Crippen molar-refractivity contribution < 1.29 is 5.11 Å². The van der Waals surface area contributed by atoms with Gasteiger partial charge in [-0.15, -0.1) is 0 Å². The average molecular weight is 229 g/mol. The molecule has 1 aromatic rings. The Morgan fingerprint density at radius 2 is 2.06 bits per heavy atom. The molecule has 0 saturated carbocycles. The fourth-order valence-corrected chi connectivity index (χ4v) is 3.25. The van der Waals surface area contributed by atoms with E-state index in [0.29, 0.717) is 6.42 Å². The Balaban J connectivity index is 2.07. The van der Waals surface area contributed by atoms with Crippen molar-refractivity contribution in [2.75, 3.05) is 0 Å². The van der Waals surface area contributed by atoms with Gasteiger partial charge in [-0.1, -0.05) is 30.3 Å². The molecule has 0 spiro atoms. The summed E-state index contributed by atoms with van der Waals surface area (Å²) in [5.74, 6) is 0. The fourth-order valence-electron chi connectivity index (χ4n) is 3.25. The number of aliphatic hydroxyl groups is 1. The third-order valence-corrected chi connectivity index (χ3v) is 4.14. The van der Waals surface area contributed by atoms with Crippen molar-refractivity contribution in [1.82, 2.24) is 0 Å². The molecule has 2 unspecified atom stereocenters. The van der Waals surface area contributed by atoms with Crippen molar-refractivity contribution in [3.63, 3.8) is 0 Å². The van der Waals surface area contributed by atoms with E-state index < -0.39 is 5.60 Å². The van der Waals surface area contributed by atoms with Gasteiger partial charge in [-0.3, -0.25) is 0 Å². The third-order valence-electron chi connectivity index (χ3n) is 4.14. The van der Waals surface area contributed by atoms with Crippen LogP contribution in [0.25, 0.3) is 0 Å². The van der Waals surface area contributed by atoms with Crippen molar-refractivity contribution in [2.45, 2.75) is 43.7 Å². The van der Waals surface area contributed by atoms with Crippen molar-refractivity contribution >= 4 is 0 Å². The molecule has 0 saturated heterocycles. The Hall–Kier alpha value is -1.12. The van der Waals surface area contributed by atoms with E-state index in [1.54, 1.807) is 0 Å². The summed E-state index contributed by atoms with van der Waals surface area (Å²) in [7, 11) is 0. The molecule has 2 aliphatic carbocycles. The van der Waals surface area contributed by atoms with Crippen LogP contribution < -0.4 is 5.73 Å². The first kappa shape index (κ1) is 11.0. The van der Waals surface area contributed by atoms with Gasteiger partial charge in [0.25, 0.3) is 0 Å². The number of hydrogen-bond donors (Lipinski definition) is 2. The highest BCUT2D eigenvalue weighted by Crippen LogP contribution is 2.48. The zero-order valence-electron chi connectivity index (χ0n) is 10.0. The van der Waals surface area contributed by atoms with Crippen LogP contribution in [0.5, 0.6) is 0 Å². The second kappa shape index (κ2) is 3.97. The highest BCUT2D eigenvalue weighted by atomic mass is 16.3. The summed E-state index contributed by atoms with van der Waals surface area (Å²) >= 11 is 0. The summed E-state index contributed by atoms with van der Waals surface area (Å²) in [5.41, 5.74) is 8.67. The summed E-state index contributed by atoms with van der Waals surface area (Å²) in [6.07, 6.45) is 7.39. The first-order valence-corrected chi connectivity index (χ1v) is 6.49. The van der Waals surface area contributed by atoms with Gasteiger partial charge in [-0.2, -0.15) is 0 Å². The van der Waals surface area contributed by atoms with Gasteiger partial charge in [0.2, 0.25) is 0 Å². The zero-order valence-corrected chi connectivity index (χ0v) is 10.0. The molecule has 0 radical (unpaired) electrons. The summed E-state index contributed by atoms with van der Waals surface area (Å²) < 4.78 is 0. The van der Waals surface area contributed by atoms with Crippen LogP contribution in [0.3, 0.4) is 0 Å². The summed E-state index contributed by atoms with van der Waals surface area (Å²) in [6.45, 7) is 0. The van der Waals surface area contributed by atoms with Gasteiger partial charge in [0, 0.05) is 12.5 Å². The number of hydrogen-bond acceptors (Lipinski definition) is 2. The molecular formula is C15H19NO. The van der Waals surface area contributed by atoms with Crippen LogP contribution in [0, 0.1) is 0 Å². The Morgan fingerprint density at radius 1 is 1.24 bits per heavy atom. The highest BCUT2D eigenvalue weighted by Gasteiger charge is 2.43. The lowest BCUT2D eigenvalue weighted by Crippen LogP contribution is -2.27. The molecule has 2 heteroatoms. The van der Waals surface area contributed by atoms with Gasteiger partial charge in [0.1, 0.15) is 5.60 Å². The topological polar surface area (TPSA) is 46.2 Å². The highest BCUT2D eigenvalue weighted by molar-refractivity contribution is 5.46. The summed E-state index contributed by atoms with van der Waals surface area (Å²) in [5, 5.41) is 11.0. The summed E-state index contributed by atoms with van der Waals surface area (Å²) in [6, 6.07) is 8.03. The van der Waals surface area contributed by atoms with Gasteiger partial charge in [0.05, 0.1) is 0 Å². The standard InChI is InChI=1S/C15H19NO/c16-14-10-15(17,11-6-2-1-3-7-11)13-9-5-4-8-12(13)14/h4-6,8-9,14,17H,1-3,7,10,16H2. The third kappa shape index (κ3) is 1.63. The molecule has 2 aliphatic rings. The predicted molar refractivity (Wildman–Crippen MR) is 68.4 cm³/mol. The number of nitrogens with two attached hydrogens (primary N) is 1. The quantitative estimate of drug-likeness (QED) is 0.727. The van der Waals surface area contributed by atoms with Crippen LogP contribution in [0.2, 0.25) is 0 Å². The molecule has 3 N–H and O–H groups in total. The van der Waals surface area contributed by atoms with E-state index in [-0.39, 0.29) is 6.04 Å². The van der Waals surface area contributed by atoms with E-state index >= 15 is 0 Å². The monoisotopic (exact) mass is 229 g/mol. The Bertz CT molecular complexity index is 466. The molecule has 17 heavy (non-hydrogen) atoms. The largest absolute Gasteiger partial charge is 0.381 e. The normalized spacial score (nSPS) is 32.1. The second-order valence-electron chi connectivity index (χ2n) is 5.23. The van der Waals surface area contributed by atoms with E-state index in [1.807, 2.05) is 24.3 Å². The average Bonchev–Trinajstić information content (AvgIpc) is 2.65. The number of allylic oxidation sites excluding steroid dienone is 1. The molecule has 1 aromatic carbocycles. The van der Waals surface area contributed by atoms with E-state index in [4.69, 9.17) is 5.73 Å². The smallest absolute Gasteiger partial charge is 0.113 e. The molecule has 90 valence electrons. The SMILES string of the molecule is NC1CC(O)(C2=CCCCC2)c2ccccc21. The molecule has 0 heterocycles. The van der Waals surface area contributed by atoms with Crippen molar-refractivity contribution in [2.24, 2.45) is 5.73 Å². The van der Waals surface area contributed by atoms with Gasteiger partial charge in [-0.05, 0) is 42.4 Å². The first-order chi connectivity index (χ1) is 8.22. The maximum atomic E-state index is 11.0. The lowest BCUT2D eigenvalue weighted by molar-refractivity contribution is 0.0675. The molecule has 0 aromatic heterocycles. The Morgan fingerprint density at radius 3 is 2.82 bits per heavy atom. The summed E-state index contributed by atoms with van der Waals surface area (Å²) in [4.78, 5) is 0. The first-order valence-electron chi connectivity index (χ1n) is 6.49. The van der Waals surface area contributed by atoms with Crippen LogP contribution in [0.4, 0.5) is 0 Å². The maximum absolute atomic E-state index is 11.0. The molecule has 0 amide bonds. The number of rotatable bonds is 1. The molecular weight excluding hydrogens is 210 g/mol. The van der Waals surface area contributed by atoms with Crippen LogP contribution >= 0.6 is 0 Å². The minimum atomic E-state index is -0.795. The van der Waals surface area contributed by atoms with Crippen LogP contribution in [-0.2, 0) is 5.60 Å². The number of fused-ring (bicyclic) bond motifs is 1. The molecule has 3 rings (SSSR count). The van der Waals surface area contributed by atoms with Gasteiger partial charge in [0.15, 0.2) is 0 Å². The number of benzene rings is 1. The Labute approximate surface area is 102 Å².